The molecule has 1 aliphatic heterocycles. The third-order valence-corrected chi connectivity index (χ3v) is 6.14. The van der Waals surface area contributed by atoms with Crippen LogP contribution >= 0.6 is 0 Å². The van der Waals surface area contributed by atoms with E-state index in [2.05, 4.69) is 10.1 Å². The first-order valence-electron chi connectivity index (χ1n) is 11.3. The van der Waals surface area contributed by atoms with E-state index in [-0.39, 0.29) is 65.0 Å². The average Bonchev–Trinajstić information content (AvgIpc) is 3.19. The summed E-state index contributed by atoms with van der Waals surface area (Å²) in [5, 5.41) is 4.47. The van der Waals surface area contributed by atoms with Crippen LogP contribution in [-0.2, 0) is 15.7 Å². The number of alkyl halides is 5. The summed E-state index contributed by atoms with van der Waals surface area (Å²) in [6.07, 6.45) is -6.87. The number of aryl methyl sites for hydroxylation is 1. The number of halogens is 5. The molecule has 0 N–H and O–H groups in total. The van der Waals surface area contributed by atoms with Gasteiger partial charge in [0.15, 0.2) is 12.4 Å². The van der Waals surface area contributed by atoms with Crippen molar-refractivity contribution >= 4 is 16.9 Å². The molecule has 1 atom stereocenters. The van der Waals surface area contributed by atoms with Crippen molar-refractivity contribution in [2.24, 2.45) is 0 Å². The maximum Gasteiger partial charge on any atom is 0.416 e. The molecule has 1 saturated heterocycles. The second kappa shape index (κ2) is 10.00. The van der Waals surface area contributed by atoms with Crippen LogP contribution in [0.5, 0.6) is 5.75 Å². The number of likely N-dealkylation sites (tertiary alicyclic amines) is 1. The lowest BCUT2D eigenvalue weighted by Crippen LogP contribution is -2.38. The minimum Gasteiger partial charge on any atom is -0.467 e. The number of ether oxygens (including phenoxy) is 2. The first-order chi connectivity index (χ1) is 17.0. The molecule has 2 aromatic heterocycles. The molecule has 1 aromatic carbocycles. The molecule has 36 heavy (non-hydrogen) atoms. The van der Waals surface area contributed by atoms with E-state index in [1.807, 2.05) is 0 Å². The van der Waals surface area contributed by atoms with Gasteiger partial charge in [-0.3, -0.25) is 9.48 Å². The third kappa shape index (κ3) is 4.99. The summed E-state index contributed by atoms with van der Waals surface area (Å²) >= 11 is 0. The molecule has 194 valence electrons. The number of hydrogen-bond acceptors (Lipinski definition) is 5. The van der Waals surface area contributed by atoms with Crippen LogP contribution in [0.3, 0.4) is 0 Å². The maximum absolute atomic E-state index is 14.1. The van der Waals surface area contributed by atoms with Gasteiger partial charge in [0.25, 0.3) is 6.43 Å². The summed E-state index contributed by atoms with van der Waals surface area (Å²) in [7, 11) is 1.60. The maximum atomic E-state index is 14.1. The summed E-state index contributed by atoms with van der Waals surface area (Å²) in [6, 6.07) is 4.29. The highest BCUT2D eigenvalue weighted by atomic mass is 19.4. The van der Waals surface area contributed by atoms with Crippen LogP contribution < -0.4 is 4.74 Å². The molecule has 0 unspecified atom stereocenters. The zero-order chi connectivity index (χ0) is 26.2. The van der Waals surface area contributed by atoms with Crippen LogP contribution in [0, 0.1) is 6.92 Å². The summed E-state index contributed by atoms with van der Waals surface area (Å²) in [4.78, 5) is 17.8. The second-order valence-corrected chi connectivity index (χ2v) is 8.58. The smallest absolute Gasteiger partial charge is 0.416 e. The summed E-state index contributed by atoms with van der Waals surface area (Å²) < 4.78 is 80.3. The normalized spacial score (nSPS) is 16.9. The largest absolute Gasteiger partial charge is 0.467 e. The average molecular weight is 512 g/mol. The SMILES string of the molecule is CCOCOc1cc(C(F)(F)F)cc(C)c1-c1ccc2c(C(F)F)n([C@H]3CCC(=O)N(C)C3)nc2n1. The van der Waals surface area contributed by atoms with E-state index in [0.29, 0.717) is 13.0 Å². The van der Waals surface area contributed by atoms with Gasteiger partial charge in [-0.05, 0) is 50.1 Å². The van der Waals surface area contributed by atoms with E-state index >= 15 is 0 Å². The number of piperidine rings is 1. The first kappa shape index (κ1) is 25.8. The van der Waals surface area contributed by atoms with E-state index in [0.717, 1.165) is 12.1 Å². The Hall–Kier alpha value is -3.28. The van der Waals surface area contributed by atoms with Crippen molar-refractivity contribution in [3.05, 3.63) is 41.1 Å². The van der Waals surface area contributed by atoms with E-state index < -0.39 is 24.2 Å². The van der Waals surface area contributed by atoms with Gasteiger partial charge in [-0.15, -0.1) is 0 Å². The molecular formula is C24H25F5N4O3. The van der Waals surface area contributed by atoms with E-state index in [4.69, 9.17) is 9.47 Å². The molecule has 1 amide bonds. The van der Waals surface area contributed by atoms with Crippen LogP contribution in [0.2, 0.25) is 0 Å². The van der Waals surface area contributed by atoms with Crippen LogP contribution in [0.4, 0.5) is 22.0 Å². The fraction of sp³-hybridized carbons (Fsp3) is 0.458. The van der Waals surface area contributed by atoms with Gasteiger partial charge >= 0.3 is 6.18 Å². The lowest BCUT2D eigenvalue weighted by molar-refractivity contribution is -0.137. The predicted octanol–water partition coefficient (Wildman–Crippen LogP) is 5.53. The molecule has 1 fully saturated rings. The Kier molecular flexibility index (Phi) is 7.17. The van der Waals surface area contributed by atoms with Gasteiger partial charge in [-0.25, -0.2) is 13.8 Å². The zero-order valence-corrected chi connectivity index (χ0v) is 19.9. The van der Waals surface area contributed by atoms with Crippen LogP contribution in [0.15, 0.2) is 24.3 Å². The number of carbonyl (C=O) groups excluding carboxylic acids is 1. The number of fused-ring (bicyclic) bond motifs is 1. The molecule has 0 saturated carbocycles. The van der Waals surface area contributed by atoms with E-state index in [1.54, 1.807) is 14.0 Å². The molecule has 7 nitrogen and oxygen atoms in total. The molecule has 3 aromatic rings. The summed E-state index contributed by atoms with van der Waals surface area (Å²) in [6.45, 7) is 3.46. The monoisotopic (exact) mass is 512 g/mol. The van der Waals surface area contributed by atoms with Crippen molar-refractivity contribution in [1.82, 2.24) is 19.7 Å². The highest BCUT2D eigenvalue weighted by molar-refractivity contribution is 5.83. The second-order valence-electron chi connectivity index (χ2n) is 8.58. The Morgan fingerprint density at radius 1 is 1.22 bits per heavy atom. The molecule has 1 aliphatic rings. The standard InChI is InChI=1S/C24H25F5N4O3/c1-4-35-12-36-18-10-14(24(27,28)29)9-13(2)20(18)17-7-6-16-21(22(25)26)33(31-23(16)30-17)15-5-8-19(34)32(3)11-15/h6-7,9-10,15,22H,4-5,8,11-12H2,1-3H3/t15-/m0/s1. The molecule has 12 heteroatoms. The van der Waals surface area contributed by atoms with Gasteiger partial charge in [0.2, 0.25) is 5.91 Å². The van der Waals surface area contributed by atoms with Gasteiger partial charge in [0, 0.05) is 37.6 Å². The lowest BCUT2D eigenvalue weighted by Gasteiger charge is -2.30. The van der Waals surface area contributed by atoms with Crippen molar-refractivity contribution in [2.75, 3.05) is 27.0 Å². The Morgan fingerprint density at radius 2 is 1.97 bits per heavy atom. The first-order valence-corrected chi connectivity index (χ1v) is 11.3. The van der Waals surface area contributed by atoms with Crippen LogP contribution in [0.25, 0.3) is 22.3 Å². The van der Waals surface area contributed by atoms with Crippen LogP contribution in [0.1, 0.15) is 49.1 Å². The number of nitrogens with zero attached hydrogens (tertiary/aromatic N) is 4. The van der Waals surface area contributed by atoms with Gasteiger partial charge < -0.3 is 14.4 Å². The number of likely N-dealkylation sites (N-methyl/N-ethyl adjacent to an activating group) is 1. The molecule has 0 spiro atoms. The van der Waals surface area contributed by atoms with Crippen molar-refractivity contribution in [3.8, 4) is 17.0 Å². The summed E-state index contributed by atoms with van der Waals surface area (Å²) in [5.41, 5.74) is -0.436. The Bertz CT molecular complexity index is 1270. The number of rotatable bonds is 7. The Balaban J connectivity index is 1.82. The minimum atomic E-state index is -4.59. The molecule has 3 heterocycles. The number of pyridine rings is 1. The number of aromatic nitrogens is 3. The van der Waals surface area contributed by atoms with Crippen molar-refractivity contribution in [3.63, 3.8) is 0 Å². The third-order valence-electron chi connectivity index (χ3n) is 6.14. The van der Waals surface area contributed by atoms with Crippen LogP contribution in [-0.4, -0.2) is 52.6 Å². The fourth-order valence-electron chi connectivity index (χ4n) is 4.38. The summed E-state index contributed by atoms with van der Waals surface area (Å²) in [5.74, 6) is -0.164. The van der Waals surface area contributed by atoms with Gasteiger partial charge in [-0.1, -0.05) is 0 Å². The molecule has 0 radical (unpaired) electrons. The Labute approximate surface area is 203 Å². The lowest BCUT2D eigenvalue weighted by atomic mass is 10.00. The number of carbonyl (C=O) groups is 1. The molecule has 4 rings (SSSR count). The highest BCUT2D eigenvalue weighted by Gasteiger charge is 2.33. The van der Waals surface area contributed by atoms with Gasteiger partial charge in [0.1, 0.15) is 11.4 Å². The zero-order valence-electron chi connectivity index (χ0n) is 19.9. The molecular weight excluding hydrogens is 487 g/mol. The Morgan fingerprint density at radius 3 is 2.61 bits per heavy atom. The minimum absolute atomic E-state index is 0.0254. The van der Waals surface area contributed by atoms with Gasteiger partial charge in [-0.2, -0.15) is 18.3 Å². The number of hydrogen-bond donors (Lipinski definition) is 0. The van der Waals surface area contributed by atoms with Crippen molar-refractivity contribution in [1.29, 1.82) is 0 Å². The van der Waals surface area contributed by atoms with Gasteiger partial charge in [0.05, 0.1) is 17.3 Å². The topological polar surface area (TPSA) is 69.5 Å². The van der Waals surface area contributed by atoms with E-state index in [9.17, 15) is 26.7 Å². The van der Waals surface area contributed by atoms with E-state index in [1.165, 1.54) is 28.6 Å². The van der Waals surface area contributed by atoms with Crippen molar-refractivity contribution < 1.29 is 36.2 Å². The highest BCUT2D eigenvalue weighted by Crippen LogP contribution is 2.40. The fourth-order valence-corrected chi connectivity index (χ4v) is 4.38. The quantitative estimate of drug-likeness (QED) is 0.237. The van der Waals surface area contributed by atoms with Crippen molar-refractivity contribution in [2.45, 2.75) is 45.3 Å². The number of benzene rings is 1. The predicted molar refractivity (Wildman–Crippen MR) is 121 cm³/mol. The molecule has 0 aliphatic carbocycles. The number of amides is 1. The molecule has 0 bridgehead atoms.